The number of carbonyl (C=O) groups is 7. The summed E-state index contributed by atoms with van der Waals surface area (Å²) in [5, 5.41) is 27.7. The van der Waals surface area contributed by atoms with Crippen LogP contribution in [0.4, 0.5) is 0 Å². The first-order valence-corrected chi connectivity index (χ1v) is 12.6. The van der Waals surface area contributed by atoms with Crippen LogP contribution in [0.1, 0.15) is 60.8 Å². The minimum Gasteiger partial charge on any atom is -0.481 e. The van der Waals surface area contributed by atoms with Crippen LogP contribution in [0.3, 0.4) is 0 Å². The maximum atomic E-state index is 13.0. The van der Waals surface area contributed by atoms with Crippen molar-refractivity contribution in [3.05, 3.63) is 0 Å². The number of hydrogen-bond donors (Lipinski definition) is 8. The van der Waals surface area contributed by atoms with Gasteiger partial charge >= 0.3 is 11.9 Å². The van der Waals surface area contributed by atoms with Crippen LogP contribution < -0.4 is 32.7 Å². The molecule has 10 N–H and O–H groups in total. The number of carboxylic acid groups (broad SMARTS) is 2. The van der Waals surface area contributed by atoms with E-state index in [-0.39, 0.29) is 18.3 Å². The molecule has 0 aromatic heterocycles. The fraction of sp³-hybridized carbons (Fsp3) is 0.708. The zero-order valence-corrected chi connectivity index (χ0v) is 23.1. The summed E-state index contributed by atoms with van der Waals surface area (Å²) in [6.45, 7) is 10.1. The Morgan fingerprint density at radius 3 is 1.49 bits per heavy atom. The molecular weight excluding hydrogens is 516 g/mol. The Balaban J connectivity index is 5.85. The van der Waals surface area contributed by atoms with Gasteiger partial charge < -0.3 is 42.9 Å². The second kappa shape index (κ2) is 16.3. The Morgan fingerprint density at radius 1 is 0.641 bits per heavy atom. The van der Waals surface area contributed by atoms with Crippen LogP contribution in [-0.2, 0) is 33.6 Å². The average Bonchev–Trinajstić information content (AvgIpc) is 2.78. The lowest BCUT2D eigenvalue weighted by atomic mass is 9.99. The van der Waals surface area contributed by atoms with Crippen LogP contribution in [0.2, 0.25) is 0 Å². The lowest BCUT2D eigenvalue weighted by Crippen LogP contribution is -2.60. The van der Waals surface area contributed by atoms with Gasteiger partial charge in [0.25, 0.3) is 0 Å². The van der Waals surface area contributed by atoms with Gasteiger partial charge in [-0.15, -0.1) is 0 Å². The highest BCUT2D eigenvalue weighted by Gasteiger charge is 2.34. The van der Waals surface area contributed by atoms with Crippen LogP contribution in [0.5, 0.6) is 0 Å². The first-order chi connectivity index (χ1) is 17.9. The Kier molecular flexibility index (Phi) is 14.7. The van der Waals surface area contributed by atoms with E-state index < -0.39 is 90.4 Å². The number of rotatable bonds is 17. The Labute approximate surface area is 227 Å². The molecule has 0 aromatic rings. The zero-order valence-electron chi connectivity index (χ0n) is 23.1. The molecule has 15 nitrogen and oxygen atoms in total. The highest BCUT2D eigenvalue weighted by Crippen LogP contribution is 2.08. The van der Waals surface area contributed by atoms with Gasteiger partial charge in [0, 0.05) is 0 Å². The zero-order chi connectivity index (χ0) is 30.6. The number of nitrogens with two attached hydrogens (primary N) is 2. The minimum absolute atomic E-state index is 0.0396. The lowest BCUT2D eigenvalue weighted by Gasteiger charge is -2.27. The van der Waals surface area contributed by atoms with E-state index in [1.807, 2.05) is 0 Å². The molecule has 0 aliphatic heterocycles. The number of nitrogens with one attached hydrogen (secondary N) is 4. The topological polar surface area (TPSA) is 260 Å². The quantitative estimate of drug-likeness (QED) is 0.0977. The third-order valence-electron chi connectivity index (χ3n) is 5.64. The summed E-state index contributed by atoms with van der Waals surface area (Å²) in [6.07, 6.45) is -1.59. The number of primary amides is 1. The summed E-state index contributed by atoms with van der Waals surface area (Å²) in [5.74, 6) is -8.31. The van der Waals surface area contributed by atoms with E-state index in [4.69, 9.17) is 11.5 Å². The molecule has 0 rings (SSSR count). The molecule has 0 aliphatic carbocycles. The smallest absolute Gasteiger partial charge is 0.326 e. The van der Waals surface area contributed by atoms with Crippen LogP contribution in [0.25, 0.3) is 0 Å². The first-order valence-electron chi connectivity index (χ1n) is 12.6. The largest absolute Gasteiger partial charge is 0.481 e. The predicted molar refractivity (Wildman–Crippen MR) is 139 cm³/mol. The summed E-state index contributed by atoms with van der Waals surface area (Å²) < 4.78 is 0. The maximum Gasteiger partial charge on any atom is 0.326 e. The second-order valence-corrected chi connectivity index (χ2v) is 10.4. The van der Waals surface area contributed by atoms with Crippen LogP contribution in [0.15, 0.2) is 0 Å². The van der Waals surface area contributed by atoms with Crippen molar-refractivity contribution < 1.29 is 43.8 Å². The summed E-state index contributed by atoms with van der Waals surface area (Å²) in [4.78, 5) is 85.6. The van der Waals surface area contributed by atoms with E-state index in [1.165, 1.54) is 0 Å². The summed E-state index contributed by atoms with van der Waals surface area (Å²) >= 11 is 0. The highest BCUT2D eigenvalue weighted by molar-refractivity contribution is 5.98. The minimum atomic E-state index is -1.74. The molecule has 5 atom stereocenters. The second-order valence-electron chi connectivity index (χ2n) is 10.4. The van der Waals surface area contributed by atoms with Gasteiger partial charge in [-0.1, -0.05) is 41.5 Å². The molecule has 0 fully saturated rings. The molecule has 5 unspecified atom stereocenters. The molecule has 0 saturated heterocycles. The third kappa shape index (κ3) is 13.0. The van der Waals surface area contributed by atoms with Crippen molar-refractivity contribution in [1.82, 2.24) is 21.3 Å². The van der Waals surface area contributed by atoms with Gasteiger partial charge in [-0.2, -0.15) is 0 Å². The van der Waals surface area contributed by atoms with E-state index in [2.05, 4.69) is 21.3 Å². The number of carbonyl (C=O) groups excluding carboxylic acids is 5. The fourth-order valence-electron chi connectivity index (χ4n) is 3.38. The number of carboxylic acids is 2. The SMILES string of the molecule is CC(C)CC(NC(=O)C(CC(=O)O)NC(=O)C(CC(N)=O)NC(=O)C(NC(=O)C(N)C(C)C)C(C)C)C(=O)O. The lowest BCUT2D eigenvalue weighted by molar-refractivity contribution is -0.144. The summed E-state index contributed by atoms with van der Waals surface area (Å²) in [6, 6.07) is -6.79. The number of aliphatic carboxylic acids is 2. The highest BCUT2D eigenvalue weighted by atomic mass is 16.4. The van der Waals surface area contributed by atoms with Gasteiger partial charge in [-0.3, -0.25) is 28.8 Å². The molecule has 0 aromatic carbocycles. The van der Waals surface area contributed by atoms with Crippen molar-refractivity contribution in [2.24, 2.45) is 29.2 Å². The molecule has 5 amide bonds. The van der Waals surface area contributed by atoms with Gasteiger partial charge in [0.2, 0.25) is 29.5 Å². The molecule has 0 aliphatic rings. The van der Waals surface area contributed by atoms with Crippen LogP contribution in [-0.4, -0.2) is 81.9 Å². The van der Waals surface area contributed by atoms with Gasteiger partial charge in [-0.25, -0.2) is 4.79 Å². The van der Waals surface area contributed by atoms with Crippen LogP contribution >= 0.6 is 0 Å². The Hall–Kier alpha value is -3.75. The molecule has 0 spiro atoms. The van der Waals surface area contributed by atoms with Crippen LogP contribution in [0, 0.1) is 17.8 Å². The average molecular weight is 559 g/mol. The maximum absolute atomic E-state index is 13.0. The normalized spacial score (nSPS) is 15.0. The third-order valence-corrected chi connectivity index (χ3v) is 5.64. The van der Waals surface area contributed by atoms with E-state index in [1.54, 1.807) is 41.5 Å². The van der Waals surface area contributed by atoms with Crippen molar-refractivity contribution >= 4 is 41.5 Å². The standard InChI is InChI=1S/C24H42N6O9/c1-10(2)7-15(24(38)39)29-21(35)14(9-17(32)33)27-20(34)13(8-16(25)31)28-23(37)19(12(5)6)30-22(36)18(26)11(3)4/h10-15,18-19H,7-9,26H2,1-6H3,(H2,25,31)(H,27,34)(H,28,37)(H,29,35)(H,30,36)(H,32,33)(H,38,39). The predicted octanol–water partition coefficient (Wildman–Crippen LogP) is -1.95. The molecule has 0 saturated carbocycles. The summed E-state index contributed by atoms with van der Waals surface area (Å²) in [5.41, 5.74) is 11.1. The van der Waals surface area contributed by atoms with Crippen molar-refractivity contribution in [1.29, 1.82) is 0 Å². The van der Waals surface area contributed by atoms with Crippen molar-refractivity contribution in [2.75, 3.05) is 0 Å². The number of hydrogen-bond acceptors (Lipinski definition) is 8. The molecular formula is C24H42N6O9. The van der Waals surface area contributed by atoms with Crippen molar-refractivity contribution in [2.45, 2.75) is 91.0 Å². The Morgan fingerprint density at radius 2 is 1.10 bits per heavy atom. The van der Waals surface area contributed by atoms with E-state index in [9.17, 15) is 43.8 Å². The molecule has 0 heterocycles. The van der Waals surface area contributed by atoms with Crippen molar-refractivity contribution in [3.63, 3.8) is 0 Å². The fourth-order valence-corrected chi connectivity index (χ4v) is 3.38. The van der Waals surface area contributed by atoms with E-state index >= 15 is 0 Å². The monoisotopic (exact) mass is 558 g/mol. The Bertz CT molecular complexity index is 922. The molecule has 39 heavy (non-hydrogen) atoms. The first kappa shape index (κ1) is 35.2. The molecule has 0 bridgehead atoms. The molecule has 15 heteroatoms. The van der Waals surface area contributed by atoms with Crippen molar-refractivity contribution in [3.8, 4) is 0 Å². The van der Waals surface area contributed by atoms with E-state index in [0.29, 0.717) is 0 Å². The van der Waals surface area contributed by atoms with Gasteiger partial charge in [0.15, 0.2) is 0 Å². The van der Waals surface area contributed by atoms with Gasteiger partial charge in [-0.05, 0) is 24.2 Å². The molecule has 0 radical (unpaired) electrons. The van der Waals surface area contributed by atoms with Gasteiger partial charge in [0.05, 0.1) is 18.9 Å². The van der Waals surface area contributed by atoms with Gasteiger partial charge in [0.1, 0.15) is 24.2 Å². The number of amides is 5. The summed E-state index contributed by atoms with van der Waals surface area (Å²) in [7, 11) is 0. The molecule has 222 valence electrons. The van der Waals surface area contributed by atoms with E-state index in [0.717, 1.165) is 0 Å².